The van der Waals surface area contributed by atoms with Gasteiger partial charge in [0.1, 0.15) is 0 Å². The Labute approximate surface area is 120 Å². The molecule has 0 spiro atoms. The molecule has 106 valence electrons. The van der Waals surface area contributed by atoms with Crippen molar-refractivity contribution in [2.45, 2.75) is 6.42 Å². The molecule has 1 aliphatic rings. The molecule has 0 aliphatic carbocycles. The Hall–Kier alpha value is -2.02. The molecule has 2 N–H and O–H groups in total. The molecule has 0 radical (unpaired) electrons. The van der Waals surface area contributed by atoms with Crippen LogP contribution in [0.3, 0.4) is 0 Å². The predicted molar refractivity (Wildman–Crippen MR) is 74.2 cm³/mol. The summed E-state index contributed by atoms with van der Waals surface area (Å²) in [7, 11) is 0. The number of fused-ring (bicyclic) bond motifs is 1. The fourth-order valence-electron chi connectivity index (χ4n) is 2.45. The van der Waals surface area contributed by atoms with Gasteiger partial charge in [-0.3, -0.25) is 0 Å². The standard InChI is InChI=1S/C12H14ClN5O2/c13-11-15-10-9(2-1-4-18(10)16-11)14-6-8-3-5-17(7-8)12(19)20/h1-2,4,8,14H,3,5-7H2,(H,19,20). The lowest BCUT2D eigenvalue weighted by Gasteiger charge is -2.13. The number of nitrogens with zero attached hydrogens (tertiary/aromatic N) is 4. The van der Waals surface area contributed by atoms with Crippen LogP contribution in [0.1, 0.15) is 6.42 Å². The van der Waals surface area contributed by atoms with E-state index in [1.807, 2.05) is 12.1 Å². The average Bonchev–Trinajstić information content (AvgIpc) is 3.01. The average molecular weight is 296 g/mol. The van der Waals surface area contributed by atoms with Gasteiger partial charge in [-0.2, -0.15) is 4.98 Å². The monoisotopic (exact) mass is 295 g/mol. The van der Waals surface area contributed by atoms with Crippen molar-refractivity contribution >= 4 is 29.0 Å². The SMILES string of the molecule is O=C(O)N1CCC(CNc2cccn3nc(Cl)nc23)C1. The van der Waals surface area contributed by atoms with Crippen molar-refractivity contribution < 1.29 is 9.90 Å². The van der Waals surface area contributed by atoms with Gasteiger partial charge in [-0.05, 0) is 36.1 Å². The highest BCUT2D eigenvalue weighted by Gasteiger charge is 2.25. The molecule has 1 aliphatic heterocycles. The number of amides is 1. The van der Waals surface area contributed by atoms with Gasteiger partial charge < -0.3 is 15.3 Å². The number of hydrogen-bond acceptors (Lipinski definition) is 4. The van der Waals surface area contributed by atoms with E-state index in [-0.39, 0.29) is 5.28 Å². The van der Waals surface area contributed by atoms with Gasteiger partial charge in [0, 0.05) is 25.8 Å². The minimum absolute atomic E-state index is 0.206. The molecule has 0 saturated carbocycles. The highest BCUT2D eigenvalue weighted by Crippen LogP contribution is 2.20. The first-order valence-corrected chi connectivity index (χ1v) is 6.74. The van der Waals surface area contributed by atoms with Gasteiger partial charge in [0.2, 0.25) is 5.28 Å². The molecule has 1 amide bonds. The van der Waals surface area contributed by atoms with Gasteiger partial charge in [-0.15, -0.1) is 5.10 Å². The maximum Gasteiger partial charge on any atom is 0.407 e. The minimum atomic E-state index is -0.848. The third kappa shape index (κ3) is 2.49. The van der Waals surface area contributed by atoms with Crippen LogP contribution in [0.2, 0.25) is 5.28 Å². The van der Waals surface area contributed by atoms with Crippen molar-refractivity contribution in [3.63, 3.8) is 0 Å². The van der Waals surface area contributed by atoms with Crippen LogP contribution in [0.5, 0.6) is 0 Å². The second-order valence-electron chi connectivity index (χ2n) is 4.84. The fraction of sp³-hybridized carbons (Fsp3) is 0.417. The van der Waals surface area contributed by atoms with Gasteiger partial charge >= 0.3 is 6.09 Å². The van der Waals surface area contributed by atoms with Gasteiger partial charge in [0.05, 0.1) is 5.69 Å². The smallest absolute Gasteiger partial charge is 0.407 e. The van der Waals surface area contributed by atoms with Crippen LogP contribution < -0.4 is 5.32 Å². The Balaban J connectivity index is 1.67. The van der Waals surface area contributed by atoms with Crippen LogP contribution in [0, 0.1) is 5.92 Å². The molecule has 2 aromatic heterocycles. The van der Waals surface area contributed by atoms with Crippen LogP contribution >= 0.6 is 11.6 Å². The number of halogens is 1. The summed E-state index contributed by atoms with van der Waals surface area (Å²) in [5, 5.41) is 16.5. The van der Waals surface area contributed by atoms with E-state index in [1.54, 1.807) is 10.7 Å². The summed E-state index contributed by atoms with van der Waals surface area (Å²) < 4.78 is 1.61. The summed E-state index contributed by atoms with van der Waals surface area (Å²) >= 11 is 5.79. The van der Waals surface area contributed by atoms with E-state index in [2.05, 4.69) is 15.4 Å². The van der Waals surface area contributed by atoms with Gasteiger partial charge in [0.15, 0.2) is 5.65 Å². The molecule has 0 aromatic carbocycles. The Morgan fingerprint density at radius 2 is 2.45 bits per heavy atom. The zero-order valence-corrected chi connectivity index (χ0v) is 11.4. The van der Waals surface area contributed by atoms with Crippen LogP contribution in [0.25, 0.3) is 5.65 Å². The third-order valence-electron chi connectivity index (χ3n) is 3.47. The number of likely N-dealkylation sites (tertiary alicyclic amines) is 1. The lowest BCUT2D eigenvalue weighted by atomic mass is 10.1. The van der Waals surface area contributed by atoms with E-state index < -0.39 is 6.09 Å². The quantitative estimate of drug-likeness (QED) is 0.902. The fourth-order valence-corrected chi connectivity index (χ4v) is 2.61. The summed E-state index contributed by atoms with van der Waals surface area (Å²) in [6.45, 7) is 1.87. The first-order valence-electron chi connectivity index (χ1n) is 6.36. The number of hydrogen-bond donors (Lipinski definition) is 2. The molecule has 1 atom stereocenters. The van der Waals surface area contributed by atoms with Crippen molar-refractivity contribution in [3.05, 3.63) is 23.6 Å². The predicted octanol–water partition coefficient (Wildman–Crippen LogP) is 1.79. The third-order valence-corrected chi connectivity index (χ3v) is 3.63. The normalized spacial score (nSPS) is 18.6. The summed E-state index contributed by atoms with van der Waals surface area (Å²) in [5.74, 6) is 0.310. The van der Waals surface area contributed by atoms with Crippen molar-refractivity contribution in [2.75, 3.05) is 25.0 Å². The molecular weight excluding hydrogens is 282 g/mol. The second-order valence-corrected chi connectivity index (χ2v) is 5.17. The van der Waals surface area contributed by atoms with E-state index in [4.69, 9.17) is 16.7 Å². The first kappa shape index (κ1) is 13.0. The van der Waals surface area contributed by atoms with Crippen LogP contribution in [-0.4, -0.2) is 50.3 Å². The largest absolute Gasteiger partial charge is 0.465 e. The number of aromatic nitrogens is 3. The molecule has 8 heteroatoms. The topological polar surface area (TPSA) is 82.8 Å². The molecule has 2 aromatic rings. The minimum Gasteiger partial charge on any atom is -0.465 e. The van der Waals surface area contributed by atoms with Gasteiger partial charge in [-0.1, -0.05) is 0 Å². The van der Waals surface area contributed by atoms with E-state index in [9.17, 15) is 4.79 Å². The van der Waals surface area contributed by atoms with Crippen molar-refractivity contribution in [1.29, 1.82) is 0 Å². The van der Waals surface area contributed by atoms with Crippen molar-refractivity contribution in [3.8, 4) is 0 Å². The zero-order valence-electron chi connectivity index (χ0n) is 10.7. The molecule has 20 heavy (non-hydrogen) atoms. The maximum atomic E-state index is 10.9. The van der Waals surface area contributed by atoms with E-state index in [0.29, 0.717) is 31.2 Å². The summed E-state index contributed by atoms with van der Waals surface area (Å²) in [4.78, 5) is 16.5. The number of anilines is 1. The second kappa shape index (κ2) is 5.16. The van der Waals surface area contributed by atoms with Gasteiger partial charge in [-0.25, -0.2) is 9.31 Å². The number of carbonyl (C=O) groups is 1. The number of nitrogens with one attached hydrogen (secondary N) is 1. The van der Waals surface area contributed by atoms with Crippen LogP contribution in [-0.2, 0) is 0 Å². The molecule has 1 fully saturated rings. The van der Waals surface area contributed by atoms with Crippen LogP contribution in [0.4, 0.5) is 10.5 Å². The summed E-state index contributed by atoms with van der Waals surface area (Å²) in [6, 6.07) is 3.77. The molecule has 3 heterocycles. The molecule has 0 bridgehead atoms. The van der Waals surface area contributed by atoms with Crippen molar-refractivity contribution in [1.82, 2.24) is 19.5 Å². The number of carboxylic acid groups (broad SMARTS) is 1. The first-order chi connectivity index (χ1) is 9.63. The Morgan fingerprint density at radius 3 is 3.20 bits per heavy atom. The molecule has 7 nitrogen and oxygen atoms in total. The Bertz CT molecular complexity index is 644. The zero-order chi connectivity index (χ0) is 14.1. The number of rotatable bonds is 3. The molecule has 3 rings (SSSR count). The molecule has 1 unspecified atom stereocenters. The van der Waals surface area contributed by atoms with E-state index >= 15 is 0 Å². The maximum absolute atomic E-state index is 10.9. The molecule has 1 saturated heterocycles. The highest BCUT2D eigenvalue weighted by molar-refractivity contribution is 6.28. The highest BCUT2D eigenvalue weighted by atomic mass is 35.5. The summed E-state index contributed by atoms with van der Waals surface area (Å²) in [5.41, 5.74) is 1.52. The molecular formula is C12H14ClN5O2. The Morgan fingerprint density at radius 1 is 1.60 bits per heavy atom. The lowest BCUT2D eigenvalue weighted by molar-refractivity contribution is 0.154. The number of pyridine rings is 1. The van der Waals surface area contributed by atoms with Gasteiger partial charge in [0.25, 0.3) is 0 Å². The lowest BCUT2D eigenvalue weighted by Crippen LogP contribution is -2.27. The van der Waals surface area contributed by atoms with Crippen molar-refractivity contribution in [2.24, 2.45) is 5.92 Å². The van der Waals surface area contributed by atoms with E-state index in [0.717, 1.165) is 12.1 Å². The van der Waals surface area contributed by atoms with E-state index in [1.165, 1.54) is 4.90 Å². The van der Waals surface area contributed by atoms with Crippen LogP contribution in [0.15, 0.2) is 18.3 Å². The Kier molecular flexibility index (Phi) is 3.35. The summed E-state index contributed by atoms with van der Waals surface area (Å²) in [6.07, 6.45) is 1.80.